The molecule has 2 aliphatic rings. The minimum Gasteiger partial charge on any atom is -0.306 e. The smallest absolute Gasteiger partial charge is 0.261 e. The molecule has 4 nitrogen and oxygen atoms in total. The van der Waals surface area contributed by atoms with Crippen LogP contribution in [0.2, 0.25) is 0 Å². The molecule has 0 spiro atoms. The highest BCUT2D eigenvalue weighted by molar-refractivity contribution is 7.23. The Morgan fingerprint density at radius 2 is 0.742 bits per heavy atom. The van der Waals surface area contributed by atoms with Crippen molar-refractivity contribution in [3.8, 4) is 19.5 Å². The van der Waals surface area contributed by atoms with E-state index < -0.39 is 0 Å². The topological polar surface area (TPSA) is 40.6 Å². The number of nitrogens with zero attached hydrogens (tertiary/aromatic N) is 2. The summed E-state index contributed by atoms with van der Waals surface area (Å²) in [6.07, 6.45) is 26.7. The van der Waals surface area contributed by atoms with E-state index in [0.29, 0.717) is 36.1 Å². The molecule has 8 heteroatoms. The molecule has 6 heterocycles. The summed E-state index contributed by atoms with van der Waals surface area (Å²) < 4.78 is 0. The normalized spacial score (nSPS) is 15.3. The summed E-state index contributed by atoms with van der Waals surface area (Å²) >= 11 is 7.33. The van der Waals surface area contributed by atoms with Gasteiger partial charge in [-0.05, 0) is 98.9 Å². The van der Waals surface area contributed by atoms with Gasteiger partial charge in [-0.15, -0.1) is 45.3 Å². The first-order chi connectivity index (χ1) is 30.3. The predicted molar refractivity (Wildman–Crippen MR) is 273 cm³/mol. The van der Waals surface area contributed by atoms with Gasteiger partial charge in [-0.2, -0.15) is 0 Å². The Kier molecular flexibility index (Phi) is 19.7. The van der Waals surface area contributed by atoms with Crippen LogP contribution < -0.4 is 0 Å². The zero-order valence-electron chi connectivity index (χ0n) is 39.1. The Labute approximate surface area is 391 Å². The predicted octanol–water partition coefficient (Wildman–Crippen LogP) is 17.3. The van der Waals surface area contributed by atoms with E-state index in [2.05, 4.69) is 90.1 Å². The van der Waals surface area contributed by atoms with Crippen molar-refractivity contribution in [3.05, 3.63) is 79.2 Å². The Bertz CT molecular complexity index is 1930. The van der Waals surface area contributed by atoms with Crippen LogP contribution >= 0.6 is 45.3 Å². The van der Waals surface area contributed by atoms with E-state index in [-0.39, 0.29) is 11.8 Å². The summed E-state index contributed by atoms with van der Waals surface area (Å²) in [6.45, 7) is 14.9. The van der Waals surface area contributed by atoms with Crippen LogP contribution in [-0.2, 0) is 22.4 Å². The zero-order chi connectivity index (χ0) is 43.8. The lowest BCUT2D eigenvalue weighted by Gasteiger charge is -2.29. The molecule has 0 saturated heterocycles. The molecule has 338 valence electrons. The van der Waals surface area contributed by atoms with E-state index >= 15 is 9.59 Å². The second kappa shape index (κ2) is 25.1. The van der Waals surface area contributed by atoms with Crippen molar-refractivity contribution in [1.29, 1.82) is 0 Å². The summed E-state index contributed by atoms with van der Waals surface area (Å²) in [5, 5.41) is 0. The molecule has 2 atom stereocenters. The molecule has 2 unspecified atom stereocenters. The van der Waals surface area contributed by atoms with Gasteiger partial charge >= 0.3 is 0 Å². The number of hydrogen-bond donors (Lipinski definition) is 0. The number of unbranched alkanes of at least 4 members (excludes halogenated alkanes) is 12. The number of thiophene rings is 4. The highest BCUT2D eigenvalue weighted by atomic mass is 32.1. The van der Waals surface area contributed by atoms with Gasteiger partial charge in [0.05, 0.1) is 32.3 Å². The van der Waals surface area contributed by atoms with Crippen LogP contribution in [0, 0.1) is 11.8 Å². The molecule has 0 bridgehead atoms. The average molecular weight is 913 g/mol. The van der Waals surface area contributed by atoms with Gasteiger partial charge in [0.2, 0.25) is 0 Å². The SMILES string of the molecule is CCCCCCCCc1ccc(-c2ccc(C3=C4C(=O)N(CC(CC)CCCC)C(c5ccc(-c6ccc(CCCCCCCC)s6)s5)=C4C(=O)N3CC(CC)CCCC)s2)s1. The van der Waals surface area contributed by atoms with Gasteiger partial charge < -0.3 is 9.80 Å². The Hall–Kier alpha value is -2.78. The molecule has 4 aromatic heterocycles. The Morgan fingerprint density at radius 1 is 0.403 bits per heavy atom. The van der Waals surface area contributed by atoms with E-state index in [0.717, 1.165) is 85.4 Å². The van der Waals surface area contributed by atoms with Crippen molar-refractivity contribution in [2.45, 2.75) is 183 Å². The number of rotatable bonds is 30. The van der Waals surface area contributed by atoms with Gasteiger partial charge in [0.1, 0.15) is 0 Å². The maximum Gasteiger partial charge on any atom is 0.261 e. The molecule has 0 aromatic carbocycles. The number of carbonyl (C=O) groups excluding carboxylic acids is 2. The number of aryl methyl sites for hydroxylation is 2. The molecule has 0 fully saturated rings. The fourth-order valence-electron chi connectivity index (χ4n) is 9.25. The molecular weight excluding hydrogens is 837 g/mol. The minimum absolute atomic E-state index is 0.0111. The van der Waals surface area contributed by atoms with E-state index in [4.69, 9.17) is 0 Å². The second-order valence-corrected chi connectivity index (χ2v) is 22.5. The van der Waals surface area contributed by atoms with Crippen LogP contribution in [0.1, 0.15) is 189 Å². The summed E-state index contributed by atoms with van der Waals surface area (Å²) in [7, 11) is 0. The van der Waals surface area contributed by atoms with Gasteiger partial charge in [-0.1, -0.05) is 144 Å². The Morgan fingerprint density at radius 3 is 1.13 bits per heavy atom. The maximum absolute atomic E-state index is 15.3. The average Bonchev–Trinajstić information content (AvgIpc) is 4.15. The third-order valence-electron chi connectivity index (χ3n) is 13.2. The van der Waals surface area contributed by atoms with Crippen molar-refractivity contribution < 1.29 is 9.59 Å². The van der Waals surface area contributed by atoms with E-state index in [1.807, 2.05) is 32.5 Å². The molecule has 0 aliphatic carbocycles. The third kappa shape index (κ3) is 12.3. The molecule has 4 aromatic rings. The van der Waals surface area contributed by atoms with Gasteiger partial charge in [-0.25, -0.2) is 0 Å². The molecule has 6 rings (SSSR count). The first kappa shape index (κ1) is 48.7. The van der Waals surface area contributed by atoms with E-state index in [1.54, 1.807) is 22.7 Å². The lowest BCUT2D eigenvalue weighted by atomic mass is 9.98. The maximum atomic E-state index is 15.3. The standard InChI is InChI=1S/C54H76N2O2S4/c1-7-13-17-19-21-23-27-41-29-31-43(59-41)45-33-35-47(61-45)51-49-50(54(58)55(51)37-39(11-5)25-15-9-3)52(56(53(49)57)38-40(12-6)26-16-10-4)48-36-34-46(62-48)44-32-30-42(60-44)28-24-22-20-18-14-8-2/h29-36,39-40H,7-28,37-38H2,1-6H3. The van der Waals surface area contributed by atoms with Crippen molar-refractivity contribution >= 4 is 68.6 Å². The van der Waals surface area contributed by atoms with Crippen LogP contribution in [0.3, 0.4) is 0 Å². The highest BCUT2D eigenvalue weighted by Gasteiger charge is 2.50. The molecular formula is C54H76N2O2S4. The molecule has 0 N–H and O–H groups in total. The summed E-state index contributed by atoms with van der Waals surface area (Å²) in [6, 6.07) is 18.0. The van der Waals surface area contributed by atoms with Crippen LogP contribution in [0.25, 0.3) is 30.9 Å². The number of carbonyl (C=O) groups is 2. The van der Waals surface area contributed by atoms with Crippen molar-refractivity contribution in [3.63, 3.8) is 0 Å². The number of amides is 2. The summed E-state index contributed by atoms with van der Waals surface area (Å²) in [5.41, 5.74) is 2.97. The lowest BCUT2D eigenvalue weighted by Crippen LogP contribution is -2.34. The summed E-state index contributed by atoms with van der Waals surface area (Å²) in [5.74, 6) is 0.774. The number of fused-ring (bicyclic) bond motifs is 1. The van der Waals surface area contributed by atoms with Crippen LogP contribution in [0.15, 0.2) is 59.7 Å². The van der Waals surface area contributed by atoms with Crippen LogP contribution in [0.4, 0.5) is 0 Å². The van der Waals surface area contributed by atoms with Crippen molar-refractivity contribution in [1.82, 2.24) is 9.80 Å². The van der Waals surface area contributed by atoms with Crippen LogP contribution in [-0.4, -0.2) is 34.7 Å². The summed E-state index contributed by atoms with van der Waals surface area (Å²) in [4.78, 5) is 44.6. The quantitative estimate of drug-likeness (QED) is 0.0489. The first-order valence-electron chi connectivity index (χ1n) is 24.9. The molecule has 0 radical (unpaired) electrons. The van der Waals surface area contributed by atoms with E-state index in [1.165, 1.54) is 106 Å². The van der Waals surface area contributed by atoms with Crippen molar-refractivity contribution in [2.75, 3.05) is 13.1 Å². The number of hydrogen-bond acceptors (Lipinski definition) is 6. The van der Waals surface area contributed by atoms with Gasteiger partial charge in [0.15, 0.2) is 0 Å². The van der Waals surface area contributed by atoms with Crippen molar-refractivity contribution in [2.24, 2.45) is 11.8 Å². The lowest BCUT2D eigenvalue weighted by molar-refractivity contribution is -0.124. The van der Waals surface area contributed by atoms with E-state index in [9.17, 15) is 0 Å². The van der Waals surface area contributed by atoms with Gasteiger partial charge in [-0.3, -0.25) is 9.59 Å². The molecule has 0 saturated carbocycles. The zero-order valence-corrected chi connectivity index (χ0v) is 42.4. The Balaban J connectivity index is 1.36. The first-order valence-corrected chi connectivity index (χ1v) is 28.1. The fraction of sp³-hybridized carbons (Fsp3) is 0.593. The largest absolute Gasteiger partial charge is 0.306 e. The minimum atomic E-state index is 0.0111. The highest BCUT2D eigenvalue weighted by Crippen LogP contribution is 2.51. The van der Waals surface area contributed by atoms with Crippen LogP contribution in [0.5, 0.6) is 0 Å². The molecule has 62 heavy (non-hydrogen) atoms. The second-order valence-electron chi connectivity index (χ2n) is 18.0. The monoisotopic (exact) mass is 912 g/mol. The molecule has 2 aliphatic heterocycles. The van der Waals surface area contributed by atoms with Gasteiger partial charge in [0.25, 0.3) is 11.8 Å². The van der Waals surface area contributed by atoms with Gasteiger partial charge in [0, 0.05) is 42.4 Å². The fourth-order valence-corrected chi connectivity index (χ4v) is 13.7. The molecule has 2 amide bonds. The third-order valence-corrected chi connectivity index (χ3v) is 18.1.